The summed E-state index contributed by atoms with van der Waals surface area (Å²) in [5, 5.41) is 10.6. The van der Waals surface area contributed by atoms with Gasteiger partial charge in [0.15, 0.2) is 5.79 Å². The molecule has 16 heavy (non-hydrogen) atoms. The zero-order chi connectivity index (χ0) is 11.8. The minimum atomic E-state index is -0.904. The molecule has 2 heteroatoms. The van der Waals surface area contributed by atoms with Crippen LogP contribution in [0.15, 0.2) is 0 Å². The Morgan fingerprint density at radius 1 is 1.06 bits per heavy atom. The minimum absolute atomic E-state index is 0.121. The molecular formula is C14H24O2. The smallest absolute Gasteiger partial charge is 0.166 e. The van der Waals surface area contributed by atoms with Gasteiger partial charge in [-0.25, -0.2) is 0 Å². The summed E-state index contributed by atoms with van der Waals surface area (Å²) in [5.41, 5.74) is 0.266. The van der Waals surface area contributed by atoms with E-state index in [1.807, 2.05) is 6.92 Å². The molecule has 2 heterocycles. The average Bonchev–Trinajstić information content (AvgIpc) is 2.45. The molecule has 0 aromatic carbocycles. The first kappa shape index (κ1) is 11.0. The molecule has 6 atom stereocenters. The van der Waals surface area contributed by atoms with Gasteiger partial charge in [-0.3, -0.25) is 0 Å². The molecule has 0 aromatic heterocycles. The molecule has 4 bridgehead atoms. The predicted molar refractivity (Wildman–Crippen MR) is 62.8 cm³/mol. The number of hydrogen-bond donors (Lipinski definition) is 1. The number of fused-ring (bicyclic) bond motifs is 2. The highest BCUT2D eigenvalue weighted by atomic mass is 16.6. The van der Waals surface area contributed by atoms with Crippen LogP contribution < -0.4 is 0 Å². The van der Waals surface area contributed by atoms with E-state index >= 15 is 0 Å². The fraction of sp³-hybridized carbons (Fsp3) is 1.00. The molecule has 0 aromatic rings. The lowest BCUT2D eigenvalue weighted by atomic mass is 9.57. The maximum Gasteiger partial charge on any atom is 0.166 e. The Hall–Kier alpha value is -0.0800. The molecule has 2 aliphatic heterocycles. The number of ether oxygens (including phenoxy) is 1. The summed E-state index contributed by atoms with van der Waals surface area (Å²) in [6, 6.07) is 0. The lowest BCUT2D eigenvalue weighted by Gasteiger charge is -2.50. The van der Waals surface area contributed by atoms with Gasteiger partial charge in [0.1, 0.15) is 0 Å². The summed E-state index contributed by atoms with van der Waals surface area (Å²) >= 11 is 0. The van der Waals surface area contributed by atoms with Crippen molar-refractivity contribution in [1.29, 1.82) is 0 Å². The van der Waals surface area contributed by atoms with Crippen molar-refractivity contribution in [2.24, 2.45) is 23.2 Å². The van der Waals surface area contributed by atoms with Crippen LogP contribution in [0.2, 0.25) is 0 Å². The van der Waals surface area contributed by atoms with Crippen molar-refractivity contribution in [2.75, 3.05) is 0 Å². The molecule has 0 radical (unpaired) electrons. The van der Waals surface area contributed by atoms with E-state index in [0.29, 0.717) is 23.2 Å². The maximum atomic E-state index is 10.6. The molecule has 92 valence electrons. The zero-order valence-electron chi connectivity index (χ0n) is 10.9. The summed E-state index contributed by atoms with van der Waals surface area (Å²) in [6.45, 7) is 8.84. The Bertz CT molecular complexity index is 325. The standard InChI is InChI=1S/C14H24O2/c1-9-12(2)7-5-11-10(12)6-8-13(9,3)16-14(11,4)15/h9-11,15H,5-8H2,1-4H3/t9-,10-,11-,12-,13-,14+/m1/s1. The van der Waals surface area contributed by atoms with Crippen molar-refractivity contribution in [3.63, 3.8) is 0 Å². The molecule has 2 nitrogen and oxygen atoms in total. The van der Waals surface area contributed by atoms with Crippen molar-refractivity contribution in [3.8, 4) is 0 Å². The predicted octanol–water partition coefficient (Wildman–Crippen LogP) is 2.95. The van der Waals surface area contributed by atoms with Crippen LogP contribution >= 0.6 is 0 Å². The zero-order valence-corrected chi connectivity index (χ0v) is 10.9. The quantitative estimate of drug-likeness (QED) is 0.685. The van der Waals surface area contributed by atoms with Crippen LogP contribution in [0.4, 0.5) is 0 Å². The molecule has 4 rings (SSSR count). The van der Waals surface area contributed by atoms with Crippen molar-refractivity contribution in [2.45, 2.75) is 64.8 Å². The minimum Gasteiger partial charge on any atom is -0.365 e. The van der Waals surface area contributed by atoms with Crippen molar-refractivity contribution >= 4 is 0 Å². The third-order valence-electron chi connectivity index (χ3n) is 6.31. The second kappa shape index (κ2) is 2.84. The molecule has 0 amide bonds. The first-order chi connectivity index (χ1) is 7.30. The molecule has 4 aliphatic rings. The SMILES string of the molecule is C[C@@H]1[C@@]2(C)CC[C@@H]3[C@H]2CC[C@@]1(C)O[C@]3(C)O. The molecule has 0 unspecified atom stereocenters. The molecule has 4 fully saturated rings. The van der Waals surface area contributed by atoms with Crippen molar-refractivity contribution in [1.82, 2.24) is 0 Å². The van der Waals surface area contributed by atoms with E-state index in [2.05, 4.69) is 20.8 Å². The highest BCUT2D eigenvalue weighted by molar-refractivity contribution is 5.11. The van der Waals surface area contributed by atoms with Gasteiger partial charge in [0.25, 0.3) is 0 Å². The molecule has 1 N–H and O–H groups in total. The summed E-state index contributed by atoms with van der Waals surface area (Å²) < 4.78 is 6.14. The van der Waals surface area contributed by atoms with Crippen LogP contribution in [0, 0.1) is 23.2 Å². The largest absolute Gasteiger partial charge is 0.365 e. The third kappa shape index (κ3) is 1.10. The lowest BCUT2D eigenvalue weighted by molar-refractivity contribution is -0.281. The Kier molecular flexibility index (Phi) is 1.96. The van der Waals surface area contributed by atoms with Crippen LogP contribution in [0.1, 0.15) is 53.4 Å². The van der Waals surface area contributed by atoms with E-state index in [1.165, 1.54) is 12.8 Å². The maximum absolute atomic E-state index is 10.6. The topological polar surface area (TPSA) is 29.5 Å². The van der Waals surface area contributed by atoms with Crippen LogP contribution in [-0.2, 0) is 4.74 Å². The Balaban J connectivity index is 2.13. The van der Waals surface area contributed by atoms with Gasteiger partial charge in [-0.05, 0) is 56.8 Å². The van der Waals surface area contributed by atoms with Crippen LogP contribution in [0.3, 0.4) is 0 Å². The van der Waals surface area contributed by atoms with Crippen LogP contribution in [0.5, 0.6) is 0 Å². The molecule has 2 saturated heterocycles. The van der Waals surface area contributed by atoms with E-state index in [-0.39, 0.29) is 5.60 Å². The monoisotopic (exact) mass is 224 g/mol. The number of aliphatic hydroxyl groups is 1. The van der Waals surface area contributed by atoms with Gasteiger partial charge in [-0.2, -0.15) is 0 Å². The van der Waals surface area contributed by atoms with Gasteiger partial charge in [-0.1, -0.05) is 13.8 Å². The second-order valence-corrected chi connectivity index (χ2v) is 6.99. The Labute approximate surface area is 98.4 Å². The first-order valence-corrected chi connectivity index (χ1v) is 6.72. The highest BCUT2D eigenvalue weighted by Gasteiger charge is 2.65. The summed E-state index contributed by atoms with van der Waals surface area (Å²) in [6.07, 6.45) is 4.74. The lowest BCUT2D eigenvalue weighted by Crippen LogP contribution is -2.50. The van der Waals surface area contributed by atoms with Gasteiger partial charge >= 0.3 is 0 Å². The van der Waals surface area contributed by atoms with E-state index in [0.717, 1.165) is 12.8 Å². The van der Waals surface area contributed by atoms with Crippen molar-refractivity contribution < 1.29 is 9.84 Å². The fourth-order valence-electron chi connectivity index (χ4n) is 5.07. The van der Waals surface area contributed by atoms with Gasteiger partial charge in [0.2, 0.25) is 0 Å². The number of rotatable bonds is 0. The molecular weight excluding hydrogens is 200 g/mol. The van der Waals surface area contributed by atoms with Gasteiger partial charge < -0.3 is 9.84 Å². The molecule has 2 aliphatic carbocycles. The van der Waals surface area contributed by atoms with Crippen LogP contribution in [0.25, 0.3) is 0 Å². The second-order valence-electron chi connectivity index (χ2n) is 6.99. The van der Waals surface area contributed by atoms with Gasteiger partial charge in [0.05, 0.1) is 5.60 Å². The normalized spacial score (nSPS) is 64.7. The van der Waals surface area contributed by atoms with Gasteiger partial charge in [0, 0.05) is 5.92 Å². The number of hydrogen-bond acceptors (Lipinski definition) is 2. The Morgan fingerprint density at radius 2 is 1.69 bits per heavy atom. The first-order valence-electron chi connectivity index (χ1n) is 6.72. The summed E-state index contributed by atoms with van der Waals surface area (Å²) in [5.74, 6) is 0.661. The van der Waals surface area contributed by atoms with E-state index in [4.69, 9.17) is 4.74 Å². The third-order valence-corrected chi connectivity index (χ3v) is 6.31. The van der Waals surface area contributed by atoms with E-state index in [9.17, 15) is 5.11 Å². The van der Waals surface area contributed by atoms with E-state index in [1.54, 1.807) is 0 Å². The molecule has 0 spiro atoms. The summed E-state index contributed by atoms with van der Waals surface area (Å²) in [7, 11) is 0. The fourth-order valence-corrected chi connectivity index (χ4v) is 5.07. The molecule has 2 saturated carbocycles. The van der Waals surface area contributed by atoms with Gasteiger partial charge in [-0.15, -0.1) is 0 Å². The Morgan fingerprint density at radius 3 is 2.38 bits per heavy atom. The highest BCUT2D eigenvalue weighted by Crippen LogP contribution is 2.66. The summed E-state index contributed by atoms with van der Waals surface area (Å²) in [4.78, 5) is 0. The average molecular weight is 224 g/mol. The van der Waals surface area contributed by atoms with E-state index < -0.39 is 5.79 Å². The van der Waals surface area contributed by atoms with Crippen molar-refractivity contribution in [3.05, 3.63) is 0 Å². The van der Waals surface area contributed by atoms with Crippen LogP contribution in [-0.4, -0.2) is 16.5 Å².